The third-order valence-corrected chi connectivity index (χ3v) is 2.78. The number of carbonyl (C=O) groups is 1. The molecule has 1 atom stereocenters. The molecule has 102 valence electrons. The number of rotatable bonds is 4. The molecule has 0 radical (unpaired) electrons. The number of carbonyl (C=O) groups excluding carboxylic acids is 1. The van der Waals surface area contributed by atoms with Gasteiger partial charge in [-0.3, -0.25) is 4.79 Å². The average molecular weight is 384 g/mol. The first kappa shape index (κ1) is 14.4. The Kier molecular flexibility index (Phi) is 5.04. The van der Waals surface area contributed by atoms with Gasteiger partial charge in [-0.25, -0.2) is 0 Å². The van der Waals surface area contributed by atoms with Crippen molar-refractivity contribution in [3.05, 3.63) is 23.8 Å². The summed E-state index contributed by atoms with van der Waals surface area (Å²) in [5, 5.41) is 11.3. The number of halogens is 1. The Morgan fingerprint density at radius 2 is 2.30 bits per heavy atom. The zero-order valence-corrected chi connectivity index (χ0v) is 12.3. The average Bonchev–Trinajstić information content (AvgIpc) is 2.93. The lowest BCUT2D eigenvalue weighted by Gasteiger charge is -2.11. The summed E-state index contributed by atoms with van der Waals surface area (Å²) in [6.07, 6.45) is -1.05. The van der Waals surface area contributed by atoms with E-state index < -0.39 is 12.1 Å². The van der Waals surface area contributed by atoms with E-state index in [4.69, 9.17) is 19.5 Å². The van der Waals surface area contributed by atoms with E-state index in [1.807, 2.05) is 28.7 Å². The minimum absolute atomic E-state index is 0.0720. The van der Waals surface area contributed by atoms with Gasteiger partial charge in [-0.15, -0.1) is 0 Å². The third-order valence-electron chi connectivity index (χ3n) is 2.40. The van der Waals surface area contributed by atoms with E-state index in [-0.39, 0.29) is 13.4 Å². The number of fused-ring (bicyclic) bond motifs is 1. The van der Waals surface area contributed by atoms with Crippen LogP contribution >= 0.6 is 22.6 Å². The second-order valence-electron chi connectivity index (χ2n) is 3.63. The van der Waals surface area contributed by atoms with Gasteiger partial charge in [0.15, 0.2) is 11.5 Å². The number of nitrogens with zero attached hydrogens (tertiary/aromatic N) is 1. The van der Waals surface area contributed by atoms with Crippen LogP contribution in [0.1, 0.15) is 10.4 Å². The van der Waals surface area contributed by atoms with Crippen molar-refractivity contribution in [2.75, 3.05) is 13.4 Å². The Bertz CT molecular complexity index is 615. The topological polar surface area (TPSA) is 80.6 Å². The van der Waals surface area contributed by atoms with Crippen LogP contribution in [0.5, 0.6) is 11.5 Å². The second kappa shape index (κ2) is 6.98. The van der Waals surface area contributed by atoms with Gasteiger partial charge in [0.25, 0.3) is 5.91 Å². The standard InChI is InChI=1S/C13H9IN2O4/c14-4-1-5-18-12(7-15)16-13(17)9-2-3-10-11(6-9)20-8-19-10/h2-3,6,12H,5,8H2,(H,16,17). The molecule has 1 aromatic rings. The highest BCUT2D eigenvalue weighted by Gasteiger charge is 2.18. The molecule has 7 heteroatoms. The predicted molar refractivity (Wildman–Crippen MR) is 77.2 cm³/mol. The lowest BCUT2D eigenvalue weighted by atomic mass is 10.2. The second-order valence-corrected chi connectivity index (χ2v) is 4.17. The van der Waals surface area contributed by atoms with E-state index in [1.54, 1.807) is 18.2 Å². The number of hydrogen-bond donors (Lipinski definition) is 1. The SMILES string of the molecule is N#CC(NC(=O)c1ccc2c(c1)OCO2)OCC#CI. The molecular weight excluding hydrogens is 375 g/mol. The van der Waals surface area contributed by atoms with Crippen molar-refractivity contribution in [2.45, 2.75) is 6.23 Å². The van der Waals surface area contributed by atoms with Crippen molar-refractivity contribution in [2.24, 2.45) is 0 Å². The third kappa shape index (κ3) is 3.53. The Morgan fingerprint density at radius 1 is 1.50 bits per heavy atom. The molecule has 1 N–H and O–H groups in total. The monoisotopic (exact) mass is 384 g/mol. The van der Waals surface area contributed by atoms with Crippen LogP contribution in [0.2, 0.25) is 0 Å². The molecule has 6 nitrogen and oxygen atoms in total. The summed E-state index contributed by atoms with van der Waals surface area (Å²) in [5.74, 6) is 3.29. The number of hydrogen-bond acceptors (Lipinski definition) is 5. The molecule has 0 saturated carbocycles. The summed E-state index contributed by atoms with van der Waals surface area (Å²) in [5.41, 5.74) is 0.359. The van der Waals surface area contributed by atoms with E-state index in [0.717, 1.165) is 0 Å². The summed E-state index contributed by atoms with van der Waals surface area (Å²) < 4.78 is 18.0. The minimum Gasteiger partial charge on any atom is -0.454 e. The summed E-state index contributed by atoms with van der Waals surface area (Å²) >= 11 is 1.86. The maximum atomic E-state index is 12.0. The molecule has 1 aliphatic rings. The quantitative estimate of drug-likeness (QED) is 0.483. The molecule has 1 aromatic carbocycles. The number of nitriles is 1. The zero-order chi connectivity index (χ0) is 14.4. The number of benzene rings is 1. The van der Waals surface area contributed by atoms with E-state index in [1.165, 1.54) is 0 Å². The van der Waals surface area contributed by atoms with Gasteiger partial charge < -0.3 is 19.5 Å². The molecule has 0 spiro atoms. The molecule has 20 heavy (non-hydrogen) atoms. The van der Waals surface area contributed by atoms with E-state index in [0.29, 0.717) is 17.1 Å². The molecule has 0 aliphatic carbocycles. The highest BCUT2D eigenvalue weighted by atomic mass is 127. The number of nitrogens with one attached hydrogen (secondary N) is 1. The summed E-state index contributed by atoms with van der Waals surface area (Å²) in [6, 6.07) is 6.61. The fraction of sp³-hybridized carbons (Fsp3) is 0.231. The van der Waals surface area contributed by atoms with Gasteiger partial charge in [-0.05, 0) is 22.1 Å². The Labute approximate surface area is 129 Å². The maximum absolute atomic E-state index is 12.0. The molecule has 1 amide bonds. The molecule has 0 fully saturated rings. The fourth-order valence-corrected chi connectivity index (χ4v) is 1.66. The van der Waals surface area contributed by atoms with Crippen LogP contribution in [0.15, 0.2) is 18.2 Å². The lowest BCUT2D eigenvalue weighted by molar-refractivity contribution is 0.0684. The molecular formula is C13H9IN2O4. The molecule has 1 unspecified atom stereocenters. The van der Waals surface area contributed by atoms with E-state index in [2.05, 4.69) is 15.2 Å². The van der Waals surface area contributed by atoms with Gasteiger partial charge in [0, 0.05) is 28.2 Å². The summed E-state index contributed by atoms with van der Waals surface area (Å²) in [7, 11) is 0. The predicted octanol–water partition coefficient (Wildman–Crippen LogP) is 1.41. The lowest BCUT2D eigenvalue weighted by Crippen LogP contribution is -2.35. The van der Waals surface area contributed by atoms with E-state index >= 15 is 0 Å². The highest BCUT2D eigenvalue weighted by molar-refractivity contribution is 14.1. The van der Waals surface area contributed by atoms with Crippen LogP contribution < -0.4 is 14.8 Å². The van der Waals surface area contributed by atoms with Crippen LogP contribution in [0, 0.1) is 21.2 Å². The van der Waals surface area contributed by atoms with Crippen molar-refractivity contribution in [3.8, 4) is 27.4 Å². The van der Waals surface area contributed by atoms with Gasteiger partial charge in [0.1, 0.15) is 12.7 Å². The normalized spacial score (nSPS) is 12.8. The van der Waals surface area contributed by atoms with Crippen molar-refractivity contribution < 1.29 is 19.0 Å². The van der Waals surface area contributed by atoms with Gasteiger partial charge >= 0.3 is 0 Å². The first-order valence-electron chi connectivity index (χ1n) is 5.55. The summed E-state index contributed by atoms with van der Waals surface area (Å²) in [6.45, 7) is 0.210. The largest absolute Gasteiger partial charge is 0.454 e. The van der Waals surface area contributed by atoms with Crippen molar-refractivity contribution >= 4 is 28.5 Å². The van der Waals surface area contributed by atoms with Crippen LogP contribution in [0.25, 0.3) is 0 Å². The van der Waals surface area contributed by atoms with Crippen LogP contribution in [0.4, 0.5) is 0 Å². The first-order chi connectivity index (χ1) is 9.74. The van der Waals surface area contributed by atoms with Gasteiger partial charge in [0.2, 0.25) is 13.0 Å². The minimum atomic E-state index is -1.05. The Morgan fingerprint density at radius 3 is 3.05 bits per heavy atom. The van der Waals surface area contributed by atoms with Gasteiger partial charge in [-0.1, -0.05) is 5.92 Å². The molecule has 1 heterocycles. The van der Waals surface area contributed by atoms with E-state index in [9.17, 15) is 4.79 Å². The highest BCUT2D eigenvalue weighted by Crippen LogP contribution is 2.32. The van der Waals surface area contributed by atoms with Crippen molar-refractivity contribution in [3.63, 3.8) is 0 Å². The Hall–Kier alpha value is -1.97. The fourth-order valence-electron chi connectivity index (χ4n) is 1.50. The molecule has 0 saturated heterocycles. The first-order valence-corrected chi connectivity index (χ1v) is 6.62. The summed E-state index contributed by atoms with van der Waals surface area (Å²) in [4.78, 5) is 12.0. The maximum Gasteiger partial charge on any atom is 0.254 e. The number of amides is 1. The number of ether oxygens (including phenoxy) is 3. The molecule has 0 bridgehead atoms. The zero-order valence-electron chi connectivity index (χ0n) is 10.2. The van der Waals surface area contributed by atoms with Gasteiger partial charge in [0.05, 0.1) is 0 Å². The van der Waals surface area contributed by atoms with Crippen molar-refractivity contribution in [1.82, 2.24) is 5.32 Å². The Balaban J connectivity index is 1.99. The molecule has 1 aliphatic heterocycles. The molecule has 0 aromatic heterocycles. The van der Waals surface area contributed by atoms with Crippen LogP contribution in [0.3, 0.4) is 0 Å². The van der Waals surface area contributed by atoms with Crippen molar-refractivity contribution in [1.29, 1.82) is 5.26 Å². The smallest absolute Gasteiger partial charge is 0.254 e. The van der Waals surface area contributed by atoms with Crippen LogP contribution in [-0.4, -0.2) is 25.5 Å². The molecule has 2 rings (SSSR count). The van der Waals surface area contributed by atoms with Gasteiger partial charge in [-0.2, -0.15) is 5.26 Å². The van der Waals surface area contributed by atoms with Crippen LogP contribution in [-0.2, 0) is 4.74 Å².